The van der Waals surface area contributed by atoms with E-state index in [1.807, 2.05) is 36.4 Å². The molecule has 0 unspecified atom stereocenters. The summed E-state index contributed by atoms with van der Waals surface area (Å²) in [4.78, 5) is 39.6. The maximum atomic E-state index is 12.8. The molecule has 0 aromatic heterocycles. The molecule has 7 heteroatoms. The van der Waals surface area contributed by atoms with Crippen molar-refractivity contribution in [1.29, 1.82) is 0 Å². The maximum Gasteiger partial charge on any atom is 0.254 e. The van der Waals surface area contributed by atoms with Crippen LogP contribution in [0.15, 0.2) is 54.6 Å². The van der Waals surface area contributed by atoms with Gasteiger partial charge in [0.1, 0.15) is 0 Å². The van der Waals surface area contributed by atoms with Crippen LogP contribution in [0.2, 0.25) is 5.02 Å². The smallest absolute Gasteiger partial charge is 0.254 e. The molecule has 0 radical (unpaired) electrons. The Balaban J connectivity index is 1.40. The molecule has 4 rings (SSSR count). The monoisotopic (exact) mass is 425 g/mol. The van der Waals surface area contributed by atoms with Crippen molar-refractivity contribution in [2.75, 3.05) is 13.1 Å². The van der Waals surface area contributed by atoms with Gasteiger partial charge in [-0.1, -0.05) is 48.0 Å². The van der Waals surface area contributed by atoms with E-state index in [2.05, 4.69) is 10.6 Å². The van der Waals surface area contributed by atoms with Crippen molar-refractivity contribution in [3.05, 3.63) is 70.7 Å². The fraction of sp³-hybridized carbons (Fsp3) is 0.348. The fourth-order valence-corrected chi connectivity index (χ4v) is 4.58. The third-order valence-corrected chi connectivity index (χ3v) is 6.29. The second kappa shape index (κ2) is 8.88. The molecule has 0 spiro atoms. The molecule has 1 saturated heterocycles. The van der Waals surface area contributed by atoms with E-state index in [1.165, 1.54) is 0 Å². The number of nitrogens with one attached hydrogen (secondary N) is 2. The molecular weight excluding hydrogens is 402 g/mol. The highest BCUT2D eigenvalue weighted by Gasteiger charge is 2.42. The SMILES string of the molecule is O=C1CN(C(=O)c2ccccc2)C[C@H]2C[C@H](C(=O)NCc3ccccc3Cl)C[C@H]2N1. The molecule has 1 aliphatic heterocycles. The number of fused-ring (bicyclic) bond motifs is 1. The van der Waals surface area contributed by atoms with E-state index in [9.17, 15) is 14.4 Å². The summed E-state index contributed by atoms with van der Waals surface area (Å²) in [6.45, 7) is 0.880. The standard InChI is InChI=1S/C23H24ClN3O3/c24-19-9-5-4-8-16(19)12-25-22(29)17-10-18-13-27(14-21(28)26-20(18)11-17)23(30)15-6-2-1-3-7-15/h1-9,17-18,20H,10-14H2,(H,25,29)(H,26,28)/t17-,18+,20+/m0/s1. The van der Waals surface area contributed by atoms with Gasteiger partial charge in [0.15, 0.2) is 0 Å². The topological polar surface area (TPSA) is 78.5 Å². The van der Waals surface area contributed by atoms with Crippen LogP contribution in [0.4, 0.5) is 0 Å². The summed E-state index contributed by atoms with van der Waals surface area (Å²) in [5, 5.41) is 6.59. The molecule has 1 aliphatic carbocycles. The van der Waals surface area contributed by atoms with Crippen molar-refractivity contribution in [2.24, 2.45) is 11.8 Å². The predicted molar refractivity (Wildman–Crippen MR) is 114 cm³/mol. The number of benzene rings is 2. The first-order chi connectivity index (χ1) is 14.5. The largest absolute Gasteiger partial charge is 0.352 e. The van der Waals surface area contributed by atoms with Gasteiger partial charge in [0, 0.05) is 35.6 Å². The van der Waals surface area contributed by atoms with Gasteiger partial charge >= 0.3 is 0 Å². The Labute approximate surface area is 180 Å². The molecule has 2 aliphatic rings. The Bertz CT molecular complexity index is 950. The number of rotatable bonds is 4. The van der Waals surface area contributed by atoms with Gasteiger partial charge in [-0.15, -0.1) is 0 Å². The van der Waals surface area contributed by atoms with E-state index in [1.54, 1.807) is 23.1 Å². The predicted octanol–water partition coefficient (Wildman–Crippen LogP) is 2.62. The maximum absolute atomic E-state index is 12.8. The number of carbonyl (C=O) groups is 3. The lowest BCUT2D eigenvalue weighted by Crippen LogP contribution is -2.39. The molecule has 1 heterocycles. The average Bonchev–Trinajstić information content (AvgIpc) is 3.07. The Kier molecular flexibility index (Phi) is 6.04. The fourth-order valence-electron chi connectivity index (χ4n) is 4.38. The van der Waals surface area contributed by atoms with E-state index >= 15 is 0 Å². The molecule has 2 aromatic carbocycles. The molecular formula is C23H24ClN3O3. The summed E-state index contributed by atoms with van der Waals surface area (Å²) in [5.41, 5.74) is 1.43. The van der Waals surface area contributed by atoms with Crippen LogP contribution in [0.3, 0.4) is 0 Å². The highest BCUT2D eigenvalue weighted by molar-refractivity contribution is 6.31. The van der Waals surface area contributed by atoms with Gasteiger partial charge in [0.05, 0.1) is 6.54 Å². The van der Waals surface area contributed by atoms with Crippen LogP contribution in [-0.2, 0) is 16.1 Å². The van der Waals surface area contributed by atoms with Crippen LogP contribution >= 0.6 is 11.6 Å². The Morgan fingerprint density at radius 2 is 1.80 bits per heavy atom. The molecule has 2 N–H and O–H groups in total. The number of hydrogen-bond donors (Lipinski definition) is 2. The lowest BCUT2D eigenvalue weighted by atomic mass is 10.0. The van der Waals surface area contributed by atoms with Crippen molar-refractivity contribution >= 4 is 29.3 Å². The molecule has 30 heavy (non-hydrogen) atoms. The lowest BCUT2D eigenvalue weighted by Gasteiger charge is -2.23. The Morgan fingerprint density at radius 1 is 1.07 bits per heavy atom. The van der Waals surface area contributed by atoms with Crippen LogP contribution in [-0.4, -0.2) is 41.8 Å². The van der Waals surface area contributed by atoms with Gasteiger partial charge in [-0.05, 0) is 42.5 Å². The summed E-state index contributed by atoms with van der Waals surface area (Å²) >= 11 is 6.16. The summed E-state index contributed by atoms with van der Waals surface area (Å²) < 4.78 is 0. The summed E-state index contributed by atoms with van der Waals surface area (Å²) in [6.07, 6.45) is 1.22. The molecule has 1 saturated carbocycles. The molecule has 2 fully saturated rings. The highest BCUT2D eigenvalue weighted by atomic mass is 35.5. The third-order valence-electron chi connectivity index (χ3n) is 5.92. The van der Waals surface area contributed by atoms with E-state index in [0.717, 1.165) is 5.56 Å². The highest BCUT2D eigenvalue weighted by Crippen LogP contribution is 2.34. The van der Waals surface area contributed by atoms with Crippen molar-refractivity contribution in [3.63, 3.8) is 0 Å². The van der Waals surface area contributed by atoms with Gasteiger partial charge in [-0.25, -0.2) is 0 Å². The van der Waals surface area contributed by atoms with Gasteiger partial charge < -0.3 is 15.5 Å². The molecule has 156 valence electrons. The molecule has 6 nitrogen and oxygen atoms in total. The first-order valence-corrected chi connectivity index (χ1v) is 10.5. The van der Waals surface area contributed by atoms with Crippen LogP contribution in [0.25, 0.3) is 0 Å². The summed E-state index contributed by atoms with van der Waals surface area (Å²) in [6, 6.07) is 16.3. The average molecular weight is 426 g/mol. The van der Waals surface area contributed by atoms with Crippen molar-refractivity contribution in [2.45, 2.75) is 25.4 Å². The minimum atomic E-state index is -0.199. The quantitative estimate of drug-likeness (QED) is 0.790. The van der Waals surface area contributed by atoms with Crippen molar-refractivity contribution in [3.8, 4) is 0 Å². The minimum Gasteiger partial charge on any atom is -0.352 e. The number of halogens is 1. The van der Waals surface area contributed by atoms with Crippen LogP contribution in [0.5, 0.6) is 0 Å². The zero-order chi connectivity index (χ0) is 21.1. The minimum absolute atomic E-state index is 0.0434. The first-order valence-electron chi connectivity index (χ1n) is 10.2. The second-order valence-electron chi connectivity index (χ2n) is 7.96. The van der Waals surface area contributed by atoms with Crippen LogP contribution in [0.1, 0.15) is 28.8 Å². The Morgan fingerprint density at radius 3 is 2.57 bits per heavy atom. The van der Waals surface area contributed by atoms with E-state index < -0.39 is 0 Å². The van der Waals surface area contributed by atoms with E-state index in [4.69, 9.17) is 11.6 Å². The number of hydrogen-bond acceptors (Lipinski definition) is 3. The van der Waals surface area contributed by atoms with Crippen LogP contribution in [0, 0.1) is 11.8 Å². The van der Waals surface area contributed by atoms with E-state index in [-0.39, 0.29) is 42.1 Å². The summed E-state index contributed by atoms with van der Waals surface area (Å²) in [5.74, 6) is -0.519. The number of amides is 3. The second-order valence-corrected chi connectivity index (χ2v) is 8.37. The third kappa shape index (κ3) is 4.49. The first kappa shape index (κ1) is 20.4. The van der Waals surface area contributed by atoms with Crippen LogP contribution < -0.4 is 10.6 Å². The van der Waals surface area contributed by atoms with Crippen molar-refractivity contribution in [1.82, 2.24) is 15.5 Å². The number of carbonyl (C=O) groups excluding carboxylic acids is 3. The molecule has 3 atom stereocenters. The normalized spacial score (nSPS) is 23.3. The molecule has 3 amide bonds. The Hall–Kier alpha value is -2.86. The summed E-state index contributed by atoms with van der Waals surface area (Å²) in [7, 11) is 0. The zero-order valence-electron chi connectivity index (χ0n) is 16.5. The van der Waals surface area contributed by atoms with Gasteiger partial charge in [-0.3, -0.25) is 14.4 Å². The van der Waals surface area contributed by atoms with Gasteiger partial charge in [0.2, 0.25) is 11.8 Å². The number of nitrogens with zero attached hydrogens (tertiary/aromatic N) is 1. The lowest BCUT2D eigenvalue weighted by molar-refractivity contribution is -0.125. The van der Waals surface area contributed by atoms with Gasteiger partial charge in [-0.2, -0.15) is 0 Å². The van der Waals surface area contributed by atoms with E-state index in [0.29, 0.717) is 36.5 Å². The zero-order valence-corrected chi connectivity index (χ0v) is 17.3. The van der Waals surface area contributed by atoms with Gasteiger partial charge in [0.25, 0.3) is 5.91 Å². The molecule has 2 aromatic rings. The van der Waals surface area contributed by atoms with Crippen molar-refractivity contribution < 1.29 is 14.4 Å². The molecule has 0 bridgehead atoms.